The highest BCUT2D eigenvalue weighted by Crippen LogP contribution is 2.47. The van der Waals surface area contributed by atoms with Gasteiger partial charge in [0.2, 0.25) is 11.8 Å². The zero-order valence-electron chi connectivity index (χ0n) is 41.6. The molecule has 4 atom stereocenters. The lowest BCUT2D eigenvalue weighted by Gasteiger charge is -2.41. The van der Waals surface area contributed by atoms with E-state index in [2.05, 4.69) is 103 Å². The Morgan fingerprint density at radius 3 is 1.83 bits per heavy atom. The maximum atomic E-state index is 13.4. The first-order valence-electron chi connectivity index (χ1n) is 24.8. The van der Waals surface area contributed by atoms with E-state index in [0.29, 0.717) is 35.8 Å². The number of nitrogens with one attached hydrogen (secondary N) is 7. The number of halogens is 1. The zero-order valence-corrected chi connectivity index (χ0v) is 41.6. The van der Waals surface area contributed by atoms with Gasteiger partial charge in [-0.25, -0.2) is 24.6 Å². The van der Waals surface area contributed by atoms with E-state index in [1.165, 1.54) is 22.5 Å². The minimum atomic E-state index is -1.17. The molecule has 0 radical (unpaired) electrons. The molecule has 12 heterocycles. The molecule has 76 heavy (non-hydrogen) atoms. The van der Waals surface area contributed by atoms with Gasteiger partial charge < -0.3 is 24.4 Å². The molecule has 7 N–H and O–H groups in total. The van der Waals surface area contributed by atoms with Crippen LogP contribution in [0.3, 0.4) is 0 Å². The Morgan fingerprint density at radius 1 is 0.684 bits per heavy atom. The summed E-state index contributed by atoms with van der Waals surface area (Å²) in [5, 5.41) is 27.8. The van der Waals surface area contributed by atoms with Crippen LogP contribution in [-0.4, -0.2) is 80.8 Å². The van der Waals surface area contributed by atoms with Crippen LogP contribution in [0, 0.1) is 12.7 Å². The molecule has 11 aromatic rings. The third kappa shape index (κ3) is 7.58. The third-order valence-electron chi connectivity index (χ3n) is 14.6. The van der Waals surface area contributed by atoms with Crippen LogP contribution in [0.5, 0.6) is 0 Å². The summed E-state index contributed by atoms with van der Waals surface area (Å²) in [6.45, 7) is 4.80. The molecule has 3 aliphatic heterocycles. The molecule has 3 aliphatic rings. The van der Waals surface area contributed by atoms with Crippen molar-refractivity contribution in [2.45, 2.75) is 62.8 Å². The molecule has 0 saturated carbocycles. The molecule has 21 nitrogen and oxygen atoms in total. The molecule has 2 unspecified atom stereocenters. The van der Waals surface area contributed by atoms with Gasteiger partial charge >= 0.3 is 5.76 Å². The molecule has 14 rings (SSSR count). The van der Waals surface area contributed by atoms with Crippen LogP contribution in [0.15, 0.2) is 137 Å². The summed E-state index contributed by atoms with van der Waals surface area (Å²) in [4.78, 5) is 57.2. The molecule has 22 heteroatoms. The van der Waals surface area contributed by atoms with Crippen molar-refractivity contribution >= 4 is 33.4 Å². The molecule has 1 amide bonds. The zero-order chi connectivity index (χ0) is 51.9. The van der Waals surface area contributed by atoms with Crippen molar-refractivity contribution in [2.24, 2.45) is 19.2 Å². The summed E-state index contributed by atoms with van der Waals surface area (Å²) in [5.74, 6) is 0.508. The summed E-state index contributed by atoms with van der Waals surface area (Å²) in [6.07, 6.45) is 15.5. The number of hydrogen-bond acceptors (Lipinski definition) is 13. The normalized spacial score (nSPS) is 20.1. The van der Waals surface area contributed by atoms with Crippen LogP contribution in [0.4, 0.5) is 4.39 Å². The number of rotatable bonds is 9. The van der Waals surface area contributed by atoms with Crippen molar-refractivity contribution in [1.82, 2.24) is 85.3 Å². The molecule has 0 bridgehead atoms. The fourth-order valence-electron chi connectivity index (χ4n) is 11.0. The van der Waals surface area contributed by atoms with Gasteiger partial charge in [0.05, 0.1) is 89.4 Å². The van der Waals surface area contributed by atoms with E-state index < -0.39 is 22.7 Å². The number of carbonyl (C=O) groups excluding carboxylic acids is 1. The van der Waals surface area contributed by atoms with Gasteiger partial charge in [0.15, 0.2) is 5.54 Å². The number of fused-ring (bicyclic) bond motifs is 6. The molecular weight excluding hydrogens is 968 g/mol. The van der Waals surface area contributed by atoms with Gasteiger partial charge in [-0.05, 0) is 73.7 Å². The number of carbonyl (C=O) groups is 1. The number of nitrogens with zero attached hydrogens (tertiary/aromatic N) is 11. The second kappa shape index (κ2) is 17.9. The number of para-hydroxylation sites is 2. The molecule has 380 valence electrons. The average Bonchev–Trinajstić information content (AvgIpc) is 4.49. The number of aromatic nitrogens is 14. The van der Waals surface area contributed by atoms with E-state index in [4.69, 9.17) is 9.40 Å². The Balaban J connectivity index is 0.000000146. The third-order valence-corrected chi connectivity index (χ3v) is 14.6. The molecule has 0 aliphatic carbocycles. The smallest absolute Gasteiger partial charge is 0.389 e. The van der Waals surface area contributed by atoms with E-state index in [1.807, 2.05) is 86.0 Å². The highest BCUT2D eigenvalue weighted by atomic mass is 19.1. The number of aromatic amines is 4. The van der Waals surface area contributed by atoms with Crippen LogP contribution in [0.25, 0.3) is 44.6 Å². The minimum Gasteiger partial charge on any atom is -0.389 e. The Hall–Kier alpha value is -9.41. The highest BCUT2D eigenvalue weighted by Gasteiger charge is 2.52. The van der Waals surface area contributed by atoms with Crippen molar-refractivity contribution in [3.8, 4) is 22.8 Å². The van der Waals surface area contributed by atoms with E-state index >= 15 is 0 Å². The van der Waals surface area contributed by atoms with Crippen LogP contribution >= 0.6 is 0 Å². The SMILES string of the molecule is CCn1cc(C2(C3=NNC(=O)C3)N[C@@H](c3ncc(-c4ccc(C)cn4)[nH]3)Cc3c2[nH]c2ccccc32)cn1.Cn1cc(C2(c3nn(C)c(=O)o3)N[C@@H](c3ncc(-c4ccc(F)cn4)[nH]3)Cc3c2[nH]c2ccccc32)cn1. The van der Waals surface area contributed by atoms with E-state index in [1.54, 1.807) is 30.2 Å². The molecule has 2 aromatic carbocycles. The first kappa shape index (κ1) is 46.4. The Labute approximate surface area is 431 Å². The van der Waals surface area contributed by atoms with E-state index in [-0.39, 0.29) is 30.3 Å². The van der Waals surface area contributed by atoms with Gasteiger partial charge in [-0.15, -0.1) is 5.10 Å². The van der Waals surface area contributed by atoms with Gasteiger partial charge in [-0.1, -0.05) is 42.5 Å². The fourth-order valence-corrected chi connectivity index (χ4v) is 11.0. The number of amides is 1. The number of hydrogen-bond donors (Lipinski definition) is 7. The predicted octanol–water partition coefficient (Wildman–Crippen LogP) is 6.18. The second-order valence-electron chi connectivity index (χ2n) is 19.4. The molecule has 0 saturated heterocycles. The summed E-state index contributed by atoms with van der Waals surface area (Å²) in [6, 6.07) is 22.8. The van der Waals surface area contributed by atoms with Gasteiger partial charge in [0.1, 0.15) is 23.0 Å². The Kier molecular flexibility index (Phi) is 10.9. The average molecular weight is 1020 g/mol. The lowest BCUT2D eigenvalue weighted by molar-refractivity contribution is -0.119. The topological polar surface area (TPSA) is 264 Å². The van der Waals surface area contributed by atoms with Crippen LogP contribution in [0.1, 0.15) is 82.2 Å². The van der Waals surface area contributed by atoms with Crippen LogP contribution in [-0.2, 0) is 49.4 Å². The van der Waals surface area contributed by atoms with Crippen LogP contribution < -0.4 is 21.8 Å². The number of H-pyrrole nitrogens is 4. The highest BCUT2D eigenvalue weighted by molar-refractivity contribution is 6.12. The van der Waals surface area contributed by atoms with Crippen molar-refractivity contribution in [3.05, 3.63) is 195 Å². The molecule has 0 spiro atoms. The summed E-state index contributed by atoms with van der Waals surface area (Å²) < 4.78 is 23.9. The fraction of sp³-hybridized carbons (Fsp3) is 0.222. The van der Waals surface area contributed by atoms with Crippen LogP contribution in [0.2, 0.25) is 0 Å². The lowest BCUT2D eigenvalue weighted by atomic mass is 9.75. The molecule has 9 aromatic heterocycles. The Morgan fingerprint density at radius 2 is 1.29 bits per heavy atom. The van der Waals surface area contributed by atoms with E-state index in [9.17, 15) is 14.0 Å². The largest absolute Gasteiger partial charge is 0.436 e. The monoisotopic (exact) mass is 1020 g/mol. The number of pyridine rings is 2. The Bertz CT molecular complexity index is 4090. The second-order valence-corrected chi connectivity index (χ2v) is 19.4. The van der Waals surface area contributed by atoms with Crippen molar-refractivity contribution in [2.75, 3.05) is 0 Å². The number of aryl methyl sites for hydroxylation is 4. The summed E-state index contributed by atoms with van der Waals surface area (Å²) >= 11 is 0. The number of hydrazone groups is 1. The van der Waals surface area contributed by atoms with Crippen molar-refractivity contribution in [3.63, 3.8) is 0 Å². The van der Waals surface area contributed by atoms with Gasteiger partial charge in [-0.2, -0.15) is 20.0 Å². The van der Waals surface area contributed by atoms with Crippen molar-refractivity contribution < 1.29 is 13.6 Å². The van der Waals surface area contributed by atoms with Gasteiger partial charge in [-0.3, -0.25) is 34.8 Å². The van der Waals surface area contributed by atoms with Gasteiger partial charge in [0.25, 0.3) is 0 Å². The maximum absolute atomic E-state index is 13.4. The first-order valence-corrected chi connectivity index (χ1v) is 24.8. The first-order chi connectivity index (χ1) is 37.0. The summed E-state index contributed by atoms with van der Waals surface area (Å²) in [7, 11) is 3.37. The minimum absolute atomic E-state index is 0.130. The quantitative estimate of drug-likeness (QED) is 0.0856. The van der Waals surface area contributed by atoms with Gasteiger partial charge in [0, 0.05) is 72.2 Å². The standard InChI is InChI=1S/C28H27N9O.C26H22FN9O2/c1-3-37-15-17(13-31-37)28(24-11-25(38)36-35-24)26-19(18-6-4-5-7-20(18)32-26)10-22(34-28)27-30-14-23(33-27)21-9-8-16(2)12-29-21;1-35-13-14(10-30-35)26(24-34-36(2)25(37)38-24)22-17(16-5-3-4-6-18(16)31-22)9-20(33-26)23-29-12-21(32-23)19-8-7-15(27)11-28-19/h4-9,12-15,22,32,34H,3,10-11H2,1-2H3,(H,30,33)(H,36,38);3-8,10-13,20,31,33H,9H2,1-2H3,(H,29,32)/t22-,28?;20-,26?/m11/s1. The predicted molar refractivity (Wildman–Crippen MR) is 278 cm³/mol. The number of imidazole rings is 2. The maximum Gasteiger partial charge on any atom is 0.436 e. The van der Waals surface area contributed by atoms with Crippen molar-refractivity contribution in [1.29, 1.82) is 0 Å². The van der Waals surface area contributed by atoms with E-state index in [0.717, 1.165) is 79.2 Å². The molecule has 0 fully saturated rings. The molecular formula is C54H49FN18O3. The number of benzene rings is 2. The lowest BCUT2D eigenvalue weighted by Crippen LogP contribution is -2.55. The summed E-state index contributed by atoms with van der Waals surface area (Å²) in [5.41, 5.74) is 13.0.